The minimum absolute atomic E-state index is 0.242. The number of anilines is 1. The number of hydrogen-bond donors (Lipinski definition) is 3. The predicted molar refractivity (Wildman–Crippen MR) is 69.5 cm³/mol. The number of amides is 1. The average molecular weight is 257 g/mol. The lowest BCUT2D eigenvalue weighted by atomic mass is 10.1. The lowest BCUT2D eigenvalue weighted by Gasteiger charge is -2.09. The Morgan fingerprint density at radius 3 is 2.26 bits per heavy atom. The smallest absolute Gasteiger partial charge is 0.336 e. The number of carbonyl (C=O) groups is 2. The summed E-state index contributed by atoms with van der Waals surface area (Å²) < 4.78 is 0. The van der Waals surface area contributed by atoms with Crippen molar-refractivity contribution in [2.45, 2.75) is 0 Å². The van der Waals surface area contributed by atoms with Gasteiger partial charge in [-0.1, -0.05) is 24.3 Å². The summed E-state index contributed by atoms with van der Waals surface area (Å²) in [5.74, 6) is -2.30. The van der Waals surface area contributed by atoms with E-state index in [1.165, 1.54) is 18.2 Å². The first-order chi connectivity index (χ1) is 9.09. The fourth-order valence-electron chi connectivity index (χ4n) is 1.67. The molecule has 0 heterocycles. The molecule has 0 saturated heterocycles. The van der Waals surface area contributed by atoms with Gasteiger partial charge in [0.2, 0.25) is 0 Å². The highest BCUT2D eigenvalue weighted by molar-refractivity contribution is 6.12. The van der Waals surface area contributed by atoms with Crippen LogP contribution in [0.4, 0.5) is 5.69 Å². The van der Waals surface area contributed by atoms with Crippen molar-refractivity contribution in [2.75, 3.05) is 5.32 Å². The maximum absolute atomic E-state index is 12.0. The van der Waals surface area contributed by atoms with E-state index in [1.807, 2.05) is 0 Å². The number of rotatable bonds is 3. The molecule has 0 aliphatic carbocycles. The van der Waals surface area contributed by atoms with Crippen LogP contribution in [0.3, 0.4) is 0 Å². The number of carbonyl (C=O) groups excluding carboxylic acids is 1. The number of benzene rings is 2. The van der Waals surface area contributed by atoms with Gasteiger partial charge in [-0.2, -0.15) is 0 Å². The van der Waals surface area contributed by atoms with E-state index in [0.29, 0.717) is 5.69 Å². The average Bonchev–Trinajstić information content (AvgIpc) is 2.39. The topological polar surface area (TPSA) is 86.6 Å². The Hall–Kier alpha value is -2.82. The number of phenolic OH excluding ortho intramolecular Hbond substituents is 1. The second kappa shape index (κ2) is 5.22. The molecule has 2 rings (SSSR count). The van der Waals surface area contributed by atoms with Gasteiger partial charge >= 0.3 is 5.97 Å². The third kappa shape index (κ3) is 2.71. The van der Waals surface area contributed by atoms with Crippen molar-refractivity contribution in [3.05, 3.63) is 59.7 Å². The number of nitrogens with one attached hydrogen (secondary N) is 1. The molecule has 0 spiro atoms. The molecule has 0 aromatic heterocycles. The van der Waals surface area contributed by atoms with E-state index < -0.39 is 11.9 Å². The summed E-state index contributed by atoms with van der Waals surface area (Å²) in [6.07, 6.45) is 0. The Kier molecular flexibility index (Phi) is 3.47. The molecule has 0 atom stereocenters. The zero-order valence-electron chi connectivity index (χ0n) is 9.83. The van der Waals surface area contributed by atoms with E-state index in [4.69, 9.17) is 5.11 Å². The van der Waals surface area contributed by atoms with Crippen molar-refractivity contribution in [3.8, 4) is 5.75 Å². The van der Waals surface area contributed by atoms with Gasteiger partial charge in [0.15, 0.2) is 0 Å². The molecular formula is C14H11NO4. The highest BCUT2D eigenvalue weighted by Crippen LogP contribution is 2.22. The Labute approximate surface area is 109 Å². The Morgan fingerprint density at radius 1 is 0.947 bits per heavy atom. The number of para-hydroxylation sites is 1. The first kappa shape index (κ1) is 12.6. The van der Waals surface area contributed by atoms with Crippen LogP contribution in [0.15, 0.2) is 48.5 Å². The normalized spacial score (nSPS) is 9.89. The summed E-state index contributed by atoms with van der Waals surface area (Å²) >= 11 is 0. The molecule has 0 bridgehead atoms. The molecule has 1 amide bonds. The molecule has 2 aromatic carbocycles. The van der Waals surface area contributed by atoms with Gasteiger partial charge in [0, 0.05) is 5.69 Å². The van der Waals surface area contributed by atoms with Gasteiger partial charge < -0.3 is 15.5 Å². The molecule has 5 heteroatoms. The van der Waals surface area contributed by atoms with E-state index in [2.05, 4.69) is 5.32 Å². The van der Waals surface area contributed by atoms with Crippen LogP contribution in [0.1, 0.15) is 20.7 Å². The van der Waals surface area contributed by atoms with Crippen LogP contribution in [0.2, 0.25) is 0 Å². The number of aromatic hydroxyl groups is 1. The Balaban J connectivity index is 2.36. The van der Waals surface area contributed by atoms with Crippen LogP contribution < -0.4 is 5.32 Å². The first-order valence-electron chi connectivity index (χ1n) is 5.51. The number of aromatic carboxylic acids is 1. The minimum atomic E-state index is -1.27. The standard InChI is InChI=1S/C14H11NO4/c16-11-8-4-7-10(14(18)19)12(11)13(17)15-9-5-2-1-3-6-9/h1-8,16H,(H,15,17)(H,18,19). The summed E-state index contributed by atoms with van der Waals surface area (Å²) in [5.41, 5.74) is 0.0272. The number of carboxylic acid groups (broad SMARTS) is 1. The van der Waals surface area contributed by atoms with Gasteiger partial charge in [-0.05, 0) is 24.3 Å². The number of phenols is 1. The van der Waals surface area contributed by atoms with Crippen molar-refractivity contribution in [1.29, 1.82) is 0 Å². The summed E-state index contributed by atoms with van der Waals surface area (Å²) in [5, 5.41) is 21.2. The van der Waals surface area contributed by atoms with Gasteiger partial charge in [-0.15, -0.1) is 0 Å². The van der Waals surface area contributed by atoms with E-state index >= 15 is 0 Å². The molecule has 0 aliphatic heterocycles. The molecule has 3 N–H and O–H groups in total. The molecule has 5 nitrogen and oxygen atoms in total. The zero-order chi connectivity index (χ0) is 13.8. The van der Waals surface area contributed by atoms with Gasteiger partial charge in [0.05, 0.1) is 11.1 Å². The van der Waals surface area contributed by atoms with E-state index in [0.717, 1.165) is 0 Å². The van der Waals surface area contributed by atoms with Crippen LogP contribution in [0.5, 0.6) is 5.75 Å². The third-order valence-electron chi connectivity index (χ3n) is 2.53. The van der Waals surface area contributed by atoms with Gasteiger partial charge in [0.1, 0.15) is 5.75 Å². The maximum atomic E-state index is 12.0. The van der Waals surface area contributed by atoms with Crippen molar-refractivity contribution in [2.24, 2.45) is 0 Å². The second-order valence-corrected chi connectivity index (χ2v) is 3.83. The lowest BCUT2D eigenvalue weighted by molar-refractivity contribution is 0.0692. The maximum Gasteiger partial charge on any atom is 0.336 e. The molecule has 19 heavy (non-hydrogen) atoms. The van der Waals surface area contributed by atoms with Crippen LogP contribution >= 0.6 is 0 Å². The fourth-order valence-corrected chi connectivity index (χ4v) is 1.67. The molecule has 0 fully saturated rings. The first-order valence-corrected chi connectivity index (χ1v) is 5.51. The second-order valence-electron chi connectivity index (χ2n) is 3.83. The van der Waals surface area contributed by atoms with E-state index in [9.17, 15) is 14.7 Å². The third-order valence-corrected chi connectivity index (χ3v) is 2.53. The summed E-state index contributed by atoms with van der Waals surface area (Å²) in [6.45, 7) is 0. The zero-order valence-corrected chi connectivity index (χ0v) is 9.83. The quantitative estimate of drug-likeness (QED) is 0.787. The molecule has 0 radical (unpaired) electrons. The number of carboxylic acids is 1. The fraction of sp³-hybridized carbons (Fsp3) is 0. The van der Waals surface area contributed by atoms with Crippen molar-refractivity contribution >= 4 is 17.6 Å². The summed E-state index contributed by atoms with van der Waals surface area (Å²) in [7, 11) is 0. The molecule has 0 unspecified atom stereocenters. The van der Waals surface area contributed by atoms with Gasteiger partial charge in [-0.3, -0.25) is 4.79 Å². The van der Waals surface area contributed by atoms with Crippen molar-refractivity contribution in [1.82, 2.24) is 0 Å². The number of hydrogen-bond acceptors (Lipinski definition) is 3. The Bertz CT molecular complexity index is 623. The van der Waals surface area contributed by atoms with Crippen LogP contribution in [-0.4, -0.2) is 22.1 Å². The van der Waals surface area contributed by atoms with Crippen molar-refractivity contribution in [3.63, 3.8) is 0 Å². The molecular weight excluding hydrogens is 246 g/mol. The summed E-state index contributed by atoms with van der Waals surface area (Å²) in [4.78, 5) is 23.1. The van der Waals surface area contributed by atoms with E-state index in [-0.39, 0.29) is 16.9 Å². The lowest BCUT2D eigenvalue weighted by Crippen LogP contribution is -2.16. The summed E-state index contributed by atoms with van der Waals surface area (Å²) in [6, 6.07) is 12.5. The SMILES string of the molecule is O=C(O)c1cccc(O)c1C(=O)Nc1ccccc1. The van der Waals surface area contributed by atoms with Crippen molar-refractivity contribution < 1.29 is 19.8 Å². The highest BCUT2D eigenvalue weighted by atomic mass is 16.4. The largest absolute Gasteiger partial charge is 0.507 e. The molecule has 96 valence electrons. The van der Waals surface area contributed by atoms with E-state index in [1.54, 1.807) is 30.3 Å². The van der Waals surface area contributed by atoms with Gasteiger partial charge in [-0.25, -0.2) is 4.79 Å². The monoisotopic (exact) mass is 257 g/mol. The van der Waals surface area contributed by atoms with Crippen LogP contribution in [0, 0.1) is 0 Å². The van der Waals surface area contributed by atoms with Crippen LogP contribution in [-0.2, 0) is 0 Å². The molecule has 0 aliphatic rings. The van der Waals surface area contributed by atoms with Gasteiger partial charge in [0.25, 0.3) is 5.91 Å². The Morgan fingerprint density at radius 2 is 1.63 bits per heavy atom. The highest BCUT2D eigenvalue weighted by Gasteiger charge is 2.20. The predicted octanol–water partition coefficient (Wildman–Crippen LogP) is 2.34. The van der Waals surface area contributed by atoms with Crippen LogP contribution in [0.25, 0.3) is 0 Å². The molecule has 0 saturated carbocycles. The minimum Gasteiger partial charge on any atom is -0.507 e. The molecule has 2 aromatic rings.